The first-order chi connectivity index (χ1) is 8.19. The number of thioether (sulfide) groups is 1. The number of hydrogen-bond acceptors (Lipinski definition) is 5. The van der Waals surface area contributed by atoms with Gasteiger partial charge in [-0.2, -0.15) is 11.8 Å². The molecule has 1 heterocycles. The third-order valence-electron chi connectivity index (χ3n) is 2.94. The van der Waals surface area contributed by atoms with Gasteiger partial charge in [0, 0.05) is 18.3 Å². The first kappa shape index (κ1) is 12.2. The first-order valence-corrected chi connectivity index (χ1v) is 6.75. The molecule has 0 atom stereocenters. The zero-order chi connectivity index (χ0) is 12.3. The van der Waals surface area contributed by atoms with Gasteiger partial charge in [-0.05, 0) is 19.1 Å². The second kappa shape index (κ2) is 4.91. The van der Waals surface area contributed by atoms with E-state index in [-0.39, 0.29) is 10.7 Å². The van der Waals surface area contributed by atoms with Crippen molar-refractivity contribution in [2.24, 2.45) is 0 Å². The van der Waals surface area contributed by atoms with Gasteiger partial charge in [-0.15, -0.1) is 0 Å². The molecular weight excluding hydrogens is 236 g/mol. The van der Waals surface area contributed by atoms with Gasteiger partial charge in [0.2, 0.25) is 0 Å². The number of rotatable bonds is 5. The van der Waals surface area contributed by atoms with Crippen LogP contribution < -0.4 is 10.6 Å². The number of carbonyl (C=O) groups is 1. The van der Waals surface area contributed by atoms with Gasteiger partial charge in [0.25, 0.3) is 5.91 Å². The molecule has 0 spiro atoms. The Morgan fingerprint density at radius 2 is 2.29 bits per heavy atom. The number of anilines is 1. The van der Waals surface area contributed by atoms with Crippen molar-refractivity contribution in [3.63, 3.8) is 0 Å². The summed E-state index contributed by atoms with van der Waals surface area (Å²) in [5, 5.41) is 5.77. The summed E-state index contributed by atoms with van der Waals surface area (Å²) in [6.07, 6.45) is 7.50. The minimum atomic E-state index is -0.157. The minimum Gasteiger partial charge on any atom is -0.372 e. The van der Waals surface area contributed by atoms with E-state index in [1.54, 1.807) is 13.2 Å². The van der Waals surface area contributed by atoms with E-state index >= 15 is 0 Å². The first-order valence-electron chi connectivity index (χ1n) is 5.52. The van der Waals surface area contributed by atoms with E-state index in [1.807, 2.05) is 11.8 Å². The van der Waals surface area contributed by atoms with Gasteiger partial charge in [-0.3, -0.25) is 9.78 Å². The predicted molar refractivity (Wildman–Crippen MR) is 69.4 cm³/mol. The second-order valence-corrected chi connectivity index (χ2v) is 5.38. The molecule has 1 amide bonds. The summed E-state index contributed by atoms with van der Waals surface area (Å²) in [6.45, 7) is 0.707. The fraction of sp³-hybridized carbons (Fsp3) is 0.545. The van der Waals surface area contributed by atoms with Crippen molar-refractivity contribution in [1.82, 2.24) is 15.3 Å². The number of nitrogens with one attached hydrogen (secondary N) is 2. The van der Waals surface area contributed by atoms with Gasteiger partial charge < -0.3 is 10.6 Å². The van der Waals surface area contributed by atoms with Crippen LogP contribution in [-0.4, -0.2) is 40.5 Å². The van der Waals surface area contributed by atoms with Gasteiger partial charge in [0.1, 0.15) is 11.5 Å². The summed E-state index contributed by atoms with van der Waals surface area (Å²) >= 11 is 1.82. The van der Waals surface area contributed by atoms with Crippen LogP contribution in [0.1, 0.15) is 23.3 Å². The molecule has 1 aliphatic carbocycles. The van der Waals surface area contributed by atoms with Crippen molar-refractivity contribution in [3.05, 3.63) is 18.1 Å². The van der Waals surface area contributed by atoms with E-state index in [1.165, 1.54) is 19.0 Å². The van der Waals surface area contributed by atoms with Crippen LogP contribution in [0.15, 0.2) is 12.4 Å². The molecule has 5 nitrogen and oxygen atoms in total. The topological polar surface area (TPSA) is 66.9 Å². The normalized spacial score (nSPS) is 16.4. The molecule has 1 aromatic heterocycles. The van der Waals surface area contributed by atoms with Gasteiger partial charge in [-0.1, -0.05) is 0 Å². The zero-order valence-electron chi connectivity index (χ0n) is 9.99. The molecule has 92 valence electrons. The van der Waals surface area contributed by atoms with Crippen LogP contribution >= 0.6 is 11.8 Å². The standard InChI is InChI=1S/C11H16N4OS/c1-12-9-6-13-5-8(15-9)10(16)14-7-11(17-2)3-4-11/h5-6H,3-4,7H2,1-2H3,(H,12,15)(H,14,16). The molecule has 17 heavy (non-hydrogen) atoms. The lowest BCUT2D eigenvalue weighted by molar-refractivity contribution is 0.0947. The maximum Gasteiger partial charge on any atom is 0.271 e. The molecule has 2 rings (SSSR count). The van der Waals surface area contributed by atoms with Crippen LogP contribution in [0.4, 0.5) is 5.82 Å². The van der Waals surface area contributed by atoms with Crippen molar-refractivity contribution in [1.29, 1.82) is 0 Å². The summed E-state index contributed by atoms with van der Waals surface area (Å²) in [5.74, 6) is 0.443. The molecule has 1 aliphatic rings. The van der Waals surface area contributed by atoms with Crippen molar-refractivity contribution in [3.8, 4) is 0 Å². The molecule has 6 heteroatoms. The minimum absolute atomic E-state index is 0.157. The average Bonchev–Trinajstić information content (AvgIpc) is 3.17. The van der Waals surface area contributed by atoms with E-state index in [9.17, 15) is 4.79 Å². The average molecular weight is 252 g/mol. The Labute approximate surface area is 105 Å². The fourth-order valence-corrected chi connectivity index (χ4v) is 2.25. The maximum atomic E-state index is 11.9. The molecule has 0 radical (unpaired) electrons. The number of aromatic nitrogens is 2. The fourth-order valence-electron chi connectivity index (χ4n) is 1.52. The largest absolute Gasteiger partial charge is 0.372 e. The van der Waals surface area contributed by atoms with Crippen molar-refractivity contribution in [2.45, 2.75) is 17.6 Å². The zero-order valence-corrected chi connectivity index (χ0v) is 10.8. The Hall–Kier alpha value is -1.30. The Kier molecular flexibility index (Phi) is 3.51. The Morgan fingerprint density at radius 1 is 1.53 bits per heavy atom. The highest BCUT2D eigenvalue weighted by Crippen LogP contribution is 2.46. The summed E-state index contributed by atoms with van der Waals surface area (Å²) in [4.78, 5) is 20.0. The lowest BCUT2D eigenvalue weighted by Gasteiger charge is -2.12. The quantitative estimate of drug-likeness (QED) is 0.822. The molecular formula is C11H16N4OS. The highest BCUT2D eigenvalue weighted by molar-refractivity contribution is 8.00. The van der Waals surface area contributed by atoms with E-state index < -0.39 is 0 Å². The van der Waals surface area contributed by atoms with Crippen molar-refractivity contribution in [2.75, 3.05) is 25.2 Å². The Bertz CT molecular complexity index is 420. The van der Waals surface area contributed by atoms with E-state index in [0.29, 0.717) is 18.1 Å². The van der Waals surface area contributed by atoms with Crippen LogP contribution in [0.3, 0.4) is 0 Å². The van der Waals surface area contributed by atoms with Gasteiger partial charge in [0.15, 0.2) is 0 Å². The number of carbonyl (C=O) groups excluding carboxylic acids is 1. The van der Waals surface area contributed by atoms with Gasteiger partial charge >= 0.3 is 0 Å². The van der Waals surface area contributed by atoms with Crippen LogP contribution in [0.5, 0.6) is 0 Å². The molecule has 0 unspecified atom stereocenters. The van der Waals surface area contributed by atoms with Gasteiger partial charge in [-0.25, -0.2) is 4.98 Å². The van der Waals surface area contributed by atoms with Crippen molar-refractivity contribution < 1.29 is 4.79 Å². The molecule has 2 N–H and O–H groups in total. The molecule has 1 saturated carbocycles. The molecule has 0 aliphatic heterocycles. The number of nitrogens with zero attached hydrogens (tertiary/aromatic N) is 2. The summed E-state index contributed by atoms with van der Waals surface area (Å²) < 4.78 is 0.268. The maximum absolute atomic E-state index is 11.9. The SMILES string of the molecule is CNc1cncc(C(=O)NCC2(SC)CC2)n1. The summed E-state index contributed by atoms with van der Waals surface area (Å²) in [7, 11) is 1.75. The highest BCUT2D eigenvalue weighted by Gasteiger charge is 2.42. The third-order valence-corrected chi connectivity index (χ3v) is 4.35. The van der Waals surface area contributed by atoms with Crippen LogP contribution in [-0.2, 0) is 0 Å². The van der Waals surface area contributed by atoms with Crippen LogP contribution in [0.25, 0.3) is 0 Å². The van der Waals surface area contributed by atoms with E-state index in [2.05, 4.69) is 26.9 Å². The Balaban J connectivity index is 1.95. The summed E-state index contributed by atoms with van der Waals surface area (Å²) in [5.41, 5.74) is 0.355. The van der Waals surface area contributed by atoms with E-state index in [0.717, 1.165) is 0 Å². The van der Waals surface area contributed by atoms with E-state index in [4.69, 9.17) is 0 Å². The third kappa shape index (κ3) is 2.88. The van der Waals surface area contributed by atoms with Crippen LogP contribution in [0.2, 0.25) is 0 Å². The molecule has 1 fully saturated rings. The lowest BCUT2D eigenvalue weighted by atomic mass is 10.3. The molecule has 0 aromatic carbocycles. The molecule has 0 bridgehead atoms. The number of amides is 1. The molecule has 0 saturated heterocycles. The van der Waals surface area contributed by atoms with Crippen LogP contribution in [0, 0.1) is 0 Å². The highest BCUT2D eigenvalue weighted by atomic mass is 32.2. The number of hydrogen-bond donors (Lipinski definition) is 2. The summed E-state index contributed by atoms with van der Waals surface area (Å²) in [6, 6.07) is 0. The lowest BCUT2D eigenvalue weighted by Crippen LogP contribution is -2.32. The predicted octanol–water partition coefficient (Wildman–Crippen LogP) is 1.14. The second-order valence-electron chi connectivity index (χ2n) is 4.11. The van der Waals surface area contributed by atoms with Gasteiger partial charge in [0.05, 0.1) is 12.4 Å². The molecule has 1 aromatic rings. The smallest absolute Gasteiger partial charge is 0.271 e. The van der Waals surface area contributed by atoms with Crippen molar-refractivity contribution >= 4 is 23.5 Å². The Morgan fingerprint density at radius 3 is 2.88 bits per heavy atom. The monoisotopic (exact) mass is 252 g/mol.